The van der Waals surface area contributed by atoms with E-state index in [9.17, 15) is 4.79 Å². The van der Waals surface area contributed by atoms with Gasteiger partial charge in [-0.1, -0.05) is 13.8 Å². The third-order valence-electron chi connectivity index (χ3n) is 3.42. The SMILES string of the molecule is CCN(CC)CCOc1ccc(C(=O)N[C@@H](C)CN)cc1.Cl.Cl. The molecule has 0 aliphatic heterocycles. The first-order valence-electron chi connectivity index (χ1n) is 7.56. The molecule has 1 aromatic rings. The summed E-state index contributed by atoms with van der Waals surface area (Å²) in [5.41, 5.74) is 6.10. The third-order valence-corrected chi connectivity index (χ3v) is 3.42. The number of nitrogens with one attached hydrogen (secondary N) is 1. The van der Waals surface area contributed by atoms with E-state index in [0.717, 1.165) is 25.4 Å². The van der Waals surface area contributed by atoms with Crippen LogP contribution in [-0.2, 0) is 0 Å². The zero-order valence-corrected chi connectivity index (χ0v) is 15.7. The van der Waals surface area contributed by atoms with Gasteiger partial charge in [-0.15, -0.1) is 24.8 Å². The van der Waals surface area contributed by atoms with Gasteiger partial charge in [0.2, 0.25) is 0 Å². The van der Waals surface area contributed by atoms with Crippen molar-refractivity contribution in [3.05, 3.63) is 29.8 Å². The van der Waals surface area contributed by atoms with E-state index in [0.29, 0.717) is 18.7 Å². The standard InChI is InChI=1S/C16H27N3O2.2ClH/c1-4-19(5-2)10-11-21-15-8-6-14(7-9-15)16(20)18-13(3)12-17;;/h6-9,13H,4-5,10-12,17H2,1-3H3,(H,18,20);2*1H/t13-;;/m0../s1. The lowest BCUT2D eigenvalue weighted by Crippen LogP contribution is -2.37. The van der Waals surface area contributed by atoms with Gasteiger partial charge in [0.1, 0.15) is 12.4 Å². The fourth-order valence-corrected chi connectivity index (χ4v) is 1.90. The topological polar surface area (TPSA) is 67.6 Å². The summed E-state index contributed by atoms with van der Waals surface area (Å²) < 4.78 is 5.68. The molecular weight excluding hydrogens is 337 g/mol. The van der Waals surface area contributed by atoms with E-state index in [2.05, 4.69) is 24.1 Å². The molecule has 1 rings (SSSR count). The Morgan fingerprint density at radius 1 is 1.22 bits per heavy atom. The number of nitrogens with zero attached hydrogens (tertiary/aromatic N) is 1. The molecule has 1 atom stereocenters. The molecule has 0 radical (unpaired) electrons. The fourth-order valence-electron chi connectivity index (χ4n) is 1.90. The third kappa shape index (κ3) is 9.01. The molecule has 0 heterocycles. The zero-order chi connectivity index (χ0) is 15.7. The smallest absolute Gasteiger partial charge is 0.251 e. The average Bonchev–Trinajstić information content (AvgIpc) is 2.52. The number of benzene rings is 1. The Morgan fingerprint density at radius 2 is 1.78 bits per heavy atom. The quantitative estimate of drug-likeness (QED) is 0.704. The molecule has 7 heteroatoms. The highest BCUT2D eigenvalue weighted by molar-refractivity contribution is 5.94. The summed E-state index contributed by atoms with van der Waals surface area (Å²) in [6.07, 6.45) is 0. The molecule has 0 saturated heterocycles. The number of halogens is 2. The second-order valence-electron chi connectivity index (χ2n) is 5.01. The first-order valence-corrected chi connectivity index (χ1v) is 7.56. The van der Waals surface area contributed by atoms with Gasteiger partial charge in [0.25, 0.3) is 5.91 Å². The van der Waals surface area contributed by atoms with E-state index in [4.69, 9.17) is 10.5 Å². The summed E-state index contributed by atoms with van der Waals surface area (Å²) in [6, 6.07) is 7.16. The summed E-state index contributed by atoms with van der Waals surface area (Å²) in [5.74, 6) is 0.674. The number of rotatable bonds is 9. The Morgan fingerprint density at radius 3 is 2.26 bits per heavy atom. The minimum absolute atomic E-state index is 0. The van der Waals surface area contributed by atoms with E-state index >= 15 is 0 Å². The van der Waals surface area contributed by atoms with E-state index in [1.54, 1.807) is 12.1 Å². The number of carbonyl (C=O) groups is 1. The Labute approximate surface area is 151 Å². The summed E-state index contributed by atoms with van der Waals surface area (Å²) >= 11 is 0. The number of ether oxygens (including phenoxy) is 1. The number of nitrogens with two attached hydrogens (primary N) is 1. The minimum Gasteiger partial charge on any atom is -0.492 e. The Hall–Kier alpha value is -1.01. The van der Waals surface area contributed by atoms with Crippen LogP contribution in [0.4, 0.5) is 0 Å². The van der Waals surface area contributed by atoms with Gasteiger partial charge in [0, 0.05) is 24.7 Å². The van der Waals surface area contributed by atoms with Crippen molar-refractivity contribution in [1.82, 2.24) is 10.2 Å². The number of amides is 1. The summed E-state index contributed by atoms with van der Waals surface area (Å²) in [6.45, 7) is 10.2. The van der Waals surface area contributed by atoms with Crippen LogP contribution in [-0.4, -0.2) is 49.6 Å². The molecule has 1 aromatic carbocycles. The summed E-state index contributed by atoms with van der Waals surface area (Å²) in [5, 5.41) is 2.83. The van der Waals surface area contributed by atoms with Crippen molar-refractivity contribution >= 4 is 30.7 Å². The molecule has 0 unspecified atom stereocenters. The molecular formula is C16H29Cl2N3O2. The highest BCUT2D eigenvalue weighted by Gasteiger charge is 2.08. The lowest BCUT2D eigenvalue weighted by Gasteiger charge is -2.18. The van der Waals surface area contributed by atoms with E-state index in [-0.39, 0.29) is 36.8 Å². The van der Waals surface area contributed by atoms with Gasteiger partial charge >= 0.3 is 0 Å². The van der Waals surface area contributed by atoms with E-state index in [1.807, 2.05) is 19.1 Å². The van der Waals surface area contributed by atoms with E-state index < -0.39 is 0 Å². The van der Waals surface area contributed by atoms with Crippen molar-refractivity contribution in [1.29, 1.82) is 0 Å². The maximum atomic E-state index is 11.9. The van der Waals surface area contributed by atoms with Crippen LogP contribution < -0.4 is 15.8 Å². The maximum absolute atomic E-state index is 11.9. The number of hydrogen-bond acceptors (Lipinski definition) is 4. The minimum atomic E-state index is -0.109. The van der Waals surface area contributed by atoms with Crippen molar-refractivity contribution in [2.24, 2.45) is 5.73 Å². The first-order chi connectivity index (χ1) is 10.1. The van der Waals surface area contributed by atoms with Crippen LogP contribution in [0.25, 0.3) is 0 Å². The molecule has 0 aliphatic rings. The maximum Gasteiger partial charge on any atom is 0.251 e. The molecule has 3 N–H and O–H groups in total. The zero-order valence-electron chi connectivity index (χ0n) is 14.1. The lowest BCUT2D eigenvalue weighted by molar-refractivity contribution is 0.0941. The monoisotopic (exact) mass is 365 g/mol. The van der Waals surface area contributed by atoms with Crippen LogP contribution in [0.1, 0.15) is 31.1 Å². The molecule has 0 saturated carbocycles. The number of likely N-dealkylation sites (N-methyl/N-ethyl adjacent to an activating group) is 1. The van der Waals surface area contributed by atoms with Gasteiger partial charge in [-0.3, -0.25) is 4.79 Å². The summed E-state index contributed by atoms with van der Waals surface area (Å²) in [7, 11) is 0. The molecule has 0 aliphatic carbocycles. The van der Waals surface area contributed by atoms with Gasteiger partial charge in [-0.25, -0.2) is 0 Å². The van der Waals surface area contributed by atoms with E-state index in [1.165, 1.54) is 0 Å². The van der Waals surface area contributed by atoms with Crippen molar-refractivity contribution in [2.45, 2.75) is 26.8 Å². The molecule has 1 amide bonds. The lowest BCUT2D eigenvalue weighted by atomic mass is 10.2. The van der Waals surface area contributed by atoms with Crippen molar-refractivity contribution in [3.63, 3.8) is 0 Å². The first kappa shape index (κ1) is 24.2. The molecule has 134 valence electrons. The Kier molecular flexibility index (Phi) is 14.2. The van der Waals surface area contributed by atoms with Gasteiger partial charge in [-0.05, 0) is 44.3 Å². The molecule has 0 aromatic heterocycles. The van der Waals surface area contributed by atoms with Gasteiger partial charge in [0.15, 0.2) is 0 Å². The van der Waals surface area contributed by atoms with Crippen LogP contribution in [0, 0.1) is 0 Å². The van der Waals surface area contributed by atoms with Crippen molar-refractivity contribution < 1.29 is 9.53 Å². The Bertz CT molecular complexity index is 426. The average molecular weight is 366 g/mol. The largest absolute Gasteiger partial charge is 0.492 e. The van der Waals surface area contributed by atoms with Gasteiger partial charge in [-0.2, -0.15) is 0 Å². The van der Waals surface area contributed by atoms with Crippen LogP contribution in [0.5, 0.6) is 5.75 Å². The van der Waals surface area contributed by atoms with Crippen LogP contribution in [0.2, 0.25) is 0 Å². The van der Waals surface area contributed by atoms with Crippen LogP contribution >= 0.6 is 24.8 Å². The molecule has 0 bridgehead atoms. The fraction of sp³-hybridized carbons (Fsp3) is 0.562. The normalized spacial score (nSPS) is 11.2. The second-order valence-corrected chi connectivity index (χ2v) is 5.01. The summed E-state index contributed by atoms with van der Waals surface area (Å²) in [4.78, 5) is 14.2. The molecule has 0 fully saturated rings. The number of hydrogen-bond donors (Lipinski definition) is 2. The Balaban J connectivity index is 0. The van der Waals surface area contributed by atoms with Crippen LogP contribution in [0.15, 0.2) is 24.3 Å². The van der Waals surface area contributed by atoms with Gasteiger partial charge < -0.3 is 20.7 Å². The molecule has 0 spiro atoms. The highest BCUT2D eigenvalue weighted by atomic mass is 35.5. The van der Waals surface area contributed by atoms with Crippen molar-refractivity contribution in [2.75, 3.05) is 32.8 Å². The van der Waals surface area contributed by atoms with Crippen LogP contribution in [0.3, 0.4) is 0 Å². The predicted octanol–water partition coefficient (Wildman–Crippen LogP) is 2.33. The number of carbonyl (C=O) groups excluding carboxylic acids is 1. The second kappa shape index (κ2) is 13.4. The predicted molar refractivity (Wildman–Crippen MR) is 100 cm³/mol. The van der Waals surface area contributed by atoms with Crippen molar-refractivity contribution in [3.8, 4) is 5.75 Å². The molecule has 23 heavy (non-hydrogen) atoms. The highest BCUT2D eigenvalue weighted by Crippen LogP contribution is 2.12. The van der Waals surface area contributed by atoms with Gasteiger partial charge in [0.05, 0.1) is 0 Å². The molecule has 5 nitrogen and oxygen atoms in total.